The normalized spacial score (nSPS) is 16.8. The molecule has 2 rings (SSSR count). The number of hydrogen-bond donors (Lipinski definition) is 0. The third kappa shape index (κ3) is 4.62. The highest BCUT2D eigenvalue weighted by Gasteiger charge is 2.12. The summed E-state index contributed by atoms with van der Waals surface area (Å²) in [5, 5.41) is 8.00. The number of carbonyl (C=O) groups excluding carboxylic acids is 2. The lowest BCUT2D eigenvalue weighted by Gasteiger charge is -2.05. The molecule has 20 heavy (non-hydrogen) atoms. The van der Waals surface area contributed by atoms with E-state index in [2.05, 4.69) is 0 Å². The first-order valence-corrected chi connectivity index (χ1v) is 9.70. The number of hydrogen-bond acceptors (Lipinski definition) is 6. The summed E-state index contributed by atoms with van der Waals surface area (Å²) in [6.45, 7) is 0. The average Bonchev–Trinajstić information content (AvgIpc) is 3.15. The Labute approximate surface area is 136 Å². The molecule has 0 saturated heterocycles. The lowest BCUT2D eigenvalue weighted by Crippen LogP contribution is -1.91. The fraction of sp³-hybridized carbons (Fsp3) is 0.286. The van der Waals surface area contributed by atoms with Crippen LogP contribution in [0, 0.1) is 0 Å². The third-order valence-electron chi connectivity index (χ3n) is 2.76. The van der Waals surface area contributed by atoms with Crippen molar-refractivity contribution in [3.63, 3.8) is 0 Å². The van der Waals surface area contributed by atoms with E-state index in [1.807, 2.05) is 21.6 Å². The zero-order valence-electron chi connectivity index (χ0n) is 10.7. The van der Waals surface area contributed by atoms with Crippen molar-refractivity contribution in [1.29, 1.82) is 0 Å². The molecular formula is C14H14O2S4. The van der Waals surface area contributed by atoms with Crippen molar-refractivity contribution in [3.05, 3.63) is 41.3 Å². The second kappa shape index (κ2) is 8.87. The second-order valence-corrected chi connectivity index (χ2v) is 8.27. The van der Waals surface area contributed by atoms with Gasteiger partial charge < -0.3 is 0 Å². The summed E-state index contributed by atoms with van der Waals surface area (Å²) < 4.78 is 2.19. The minimum Gasteiger partial charge on any atom is -0.298 e. The zero-order chi connectivity index (χ0) is 14.2. The smallest absolute Gasteiger partial charge is 0.147 e. The van der Waals surface area contributed by atoms with Gasteiger partial charge in [0.05, 0.1) is 8.47 Å². The molecule has 106 valence electrons. The predicted molar refractivity (Wildman–Crippen MR) is 93.3 cm³/mol. The molecule has 6 heteroatoms. The van der Waals surface area contributed by atoms with Crippen molar-refractivity contribution >= 4 is 59.6 Å². The molecule has 0 aromatic carbocycles. The number of carbonyl (C=O) groups is 2. The van der Waals surface area contributed by atoms with Gasteiger partial charge in [0.1, 0.15) is 12.6 Å². The highest BCUT2D eigenvalue weighted by molar-refractivity contribution is 8.27. The maximum absolute atomic E-state index is 11.1. The Hall–Kier alpha value is -0.300. The lowest BCUT2D eigenvalue weighted by atomic mass is 10.1. The number of aldehydes is 2. The molecule has 0 N–H and O–H groups in total. The summed E-state index contributed by atoms with van der Waals surface area (Å²) in [6, 6.07) is 0. The molecule has 0 fully saturated rings. The van der Waals surface area contributed by atoms with E-state index < -0.39 is 0 Å². The maximum atomic E-state index is 11.1. The van der Waals surface area contributed by atoms with E-state index in [0.29, 0.717) is 0 Å². The fourth-order valence-corrected chi connectivity index (χ4v) is 5.47. The predicted octanol–water partition coefficient (Wildman–Crippen LogP) is 5.27. The average molecular weight is 343 g/mol. The number of thioether (sulfide) groups is 4. The van der Waals surface area contributed by atoms with E-state index in [1.54, 1.807) is 47.0 Å². The van der Waals surface area contributed by atoms with E-state index in [-0.39, 0.29) is 0 Å². The van der Waals surface area contributed by atoms with Crippen molar-refractivity contribution in [2.45, 2.75) is 25.7 Å². The van der Waals surface area contributed by atoms with E-state index in [9.17, 15) is 9.59 Å². The SMILES string of the molecule is O=CC(CCCCC(C=O)=C1SC=CS1)=C1SC=CS1. The number of rotatable bonds is 7. The minimum absolute atomic E-state index is 0.792. The monoisotopic (exact) mass is 342 g/mol. The molecule has 0 aromatic rings. The minimum atomic E-state index is 0.792. The Bertz CT molecular complexity index is 437. The van der Waals surface area contributed by atoms with Gasteiger partial charge in [-0.3, -0.25) is 9.59 Å². The van der Waals surface area contributed by atoms with Gasteiger partial charge in [-0.25, -0.2) is 0 Å². The first-order valence-electron chi connectivity index (χ1n) is 6.18. The Morgan fingerprint density at radius 1 is 0.750 bits per heavy atom. The molecular weight excluding hydrogens is 328 g/mol. The molecule has 0 amide bonds. The first kappa shape index (κ1) is 16.1. The Morgan fingerprint density at radius 3 is 1.40 bits per heavy atom. The van der Waals surface area contributed by atoms with Gasteiger partial charge in [0.15, 0.2) is 0 Å². The van der Waals surface area contributed by atoms with Crippen molar-refractivity contribution in [2.75, 3.05) is 0 Å². The highest BCUT2D eigenvalue weighted by Crippen LogP contribution is 2.41. The fourth-order valence-electron chi connectivity index (χ4n) is 1.77. The lowest BCUT2D eigenvalue weighted by molar-refractivity contribution is -0.105. The topological polar surface area (TPSA) is 34.1 Å². The van der Waals surface area contributed by atoms with Gasteiger partial charge in [-0.2, -0.15) is 0 Å². The number of allylic oxidation sites excluding steroid dienone is 2. The summed E-state index contributed by atoms with van der Waals surface area (Å²) in [6.07, 6.45) is 5.39. The second-order valence-electron chi connectivity index (χ2n) is 4.08. The van der Waals surface area contributed by atoms with Crippen LogP contribution in [0.4, 0.5) is 0 Å². The van der Waals surface area contributed by atoms with E-state index in [4.69, 9.17) is 0 Å². The van der Waals surface area contributed by atoms with Crippen LogP contribution in [0.1, 0.15) is 25.7 Å². The Balaban J connectivity index is 1.78. The van der Waals surface area contributed by atoms with Gasteiger partial charge in [0, 0.05) is 11.1 Å². The van der Waals surface area contributed by atoms with Gasteiger partial charge in [-0.05, 0) is 47.3 Å². The van der Waals surface area contributed by atoms with Gasteiger partial charge in [0.25, 0.3) is 0 Å². The quantitative estimate of drug-likeness (QED) is 0.356. The summed E-state index contributed by atoms with van der Waals surface area (Å²) >= 11 is 6.46. The Morgan fingerprint density at radius 2 is 1.10 bits per heavy atom. The highest BCUT2D eigenvalue weighted by atomic mass is 32.2. The summed E-state index contributed by atoms with van der Waals surface area (Å²) in [4.78, 5) is 22.2. The van der Waals surface area contributed by atoms with Crippen LogP contribution < -0.4 is 0 Å². The van der Waals surface area contributed by atoms with Crippen molar-refractivity contribution in [1.82, 2.24) is 0 Å². The van der Waals surface area contributed by atoms with Crippen LogP contribution >= 0.6 is 47.0 Å². The number of unbranched alkanes of at least 4 members (excludes halogenated alkanes) is 1. The molecule has 0 aromatic heterocycles. The zero-order valence-corrected chi connectivity index (χ0v) is 14.0. The van der Waals surface area contributed by atoms with E-state index in [1.165, 1.54) is 0 Å². The van der Waals surface area contributed by atoms with Crippen LogP contribution in [0.2, 0.25) is 0 Å². The van der Waals surface area contributed by atoms with E-state index >= 15 is 0 Å². The summed E-state index contributed by atoms with van der Waals surface area (Å²) in [5.74, 6) is 0. The molecule has 0 unspecified atom stereocenters. The van der Waals surface area contributed by atoms with Crippen LogP contribution in [0.15, 0.2) is 41.3 Å². The molecule has 0 spiro atoms. The van der Waals surface area contributed by atoms with Gasteiger partial charge in [0.2, 0.25) is 0 Å². The molecule has 2 heterocycles. The van der Waals surface area contributed by atoms with Crippen LogP contribution in [0.25, 0.3) is 0 Å². The van der Waals surface area contributed by atoms with Gasteiger partial charge in [-0.15, -0.1) is 0 Å². The van der Waals surface area contributed by atoms with Gasteiger partial charge >= 0.3 is 0 Å². The molecule has 2 nitrogen and oxygen atoms in total. The third-order valence-corrected chi connectivity index (χ3v) is 7.26. The van der Waals surface area contributed by atoms with Crippen molar-refractivity contribution in [2.24, 2.45) is 0 Å². The summed E-state index contributed by atoms with van der Waals surface area (Å²) in [7, 11) is 0. The molecule has 2 aliphatic rings. The van der Waals surface area contributed by atoms with Crippen molar-refractivity contribution in [3.8, 4) is 0 Å². The van der Waals surface area contributed by atoms with Gasteiger partial charge in [-0.1, -0.05) is 47.0 Å². The molecule has 2 aliphatic heterocycles. The molecule has 0 radical (unpaired) electrons. The first-order chi connectivity index (χ1) is 9.85. The molecule has 0 atom stereocenters. The van der Waals surface area contributed by atoms with Crippen LogP contribution in [0.5, 0.6) is 0 Å². The van der Waals surface area contributed by atoms with Crippen LogP contribution in [0.3, 0.4) is 0 Å². The molecule has 0 bridgehead atoms. The summed E-state index contributed by atoms with van der Waals surface area (Å²) in [5.41, 5.74) is 1.77. The van der Waals surface area contributed by atoms with Crippen LogP contribution in [-0.4, -0.2) is 12.6 Å². The van der Waals surface area contributed by atoms with Crippen molar-refractivity contribution < 1.29 is 9.59 Å². The molecule has 0 saturated carbocycles. The van der Waals surface area contributed by atoms with E-state index in [0.717, 1.165) is 57.9 Å². The largest absolute Gasteiger partial charge is 0.298 e. The Kier molecular flexibility index (Phi) is 7.13. The maximum Gasteiger partial charge on any atom is 0.147 e. The molecule has 0 aliphatic carbocycles. The van der Waals surface area contributed by atoms with Crippen LogP contribution in [-0.2, 0) is 9.59 Å². The standard InChI is InChI=1S/C14H14O2S4/c15-9-11(13-17-5-6-18-13)3-1-2-4-12(10-16)14-19-7-8-20-14/h5-10H,1-4H2.